The molecular formula is C14H23NO2S2. The average Bonchev–Trinajstić information content (AvgIpc) is 2.88. The van der Waals surface area contributed by atoms with Crippen molar-refractivity contribution in [2.45, 2.75) is 43.9 Å². The summed E-state index contributed by atoms with van der Waals surface area (Å²) in [6.07, 6.45) is 5.16. The van der Waals surface area contributed by atoms with Gasteiger partial charge in [0, 0.05) is 12.3 Å². The van der Waals surface area contributed by atoms with Crippen molar-refractivity contribution < 1.29 is 8.42 Å². The fraction of sp³-hybridized carbons (Fsp3) is 0.714. The standard InChI is InChI=1S/C14H23NO2S2/c1-3-15-14(12-7-8-18-10-12)11-5-4-6-13(9-11)19(2,16)17/h7-8,10-11,13-15H,3-6,9H2,1-2H3. The first kappa shape index (κ1) is 15.0. The molecule has 1 aliphatic carbocycles. The van der Waals surface area contributed by atoms with E-state index in [1.54, 1.807) is 11.3 Å². The monoisotopic (exact) mass is 301 g/mol. The average molecular weight is 301 g/mol. The summed E-state index contributed by atoms with van der Waals surface area (Å²) in [4.78, 5) is 0. The van der Waals surface area contributed by atoms with Crippen molar-refractivity contribution >= 4 is 21.2 Å². The van der Waals surface area contributed by atoms with E-state index in [1.807, 2.05) is 0 Å². The number of hydrogen-bond acceptors (Lipinski definition) is 4. The second kappa shape index (κ2) is 6.37. The minimum atomic E-state index is -2.90. The van der Waals surface area contributed by atoms with Gasteiger partial charge in [0.05, 0.1) is 5.25 Å². The first-order valence-electron chi connectivity index (χ1n) is 6.96. The van der Waals surface area contributed by atoms with Crippen molar-refractivity contribution in [1.82, 2.24) is 5.32 Å². The summed E-state index contributed by atoms with van der Waals surface area (Å²) in [5.74, 6) is 0.433. The van der Waals surface area contributed by atoms with E-state index in [-0.39, 0.29) is 5.25 Å². The predicted molar refractivity (Wildman–Crippen MR) is 81.3 cm³/mol. The maximum absolute atomic E-state index is 11.8. The van der Waals surface area contributed by atoms with E-state index in [1.165, 1.54) is 11.8 Å². The summed E-state index contributed by atoms with van der Waals surface area (Å²) in [5.41, 5.74) is 1.31. The second-order valence-corrected chi connectivity index (χ2v) is 8.58. The van der Waals surface area contributed by atoms with Crippen molar-refractivity contribution in [3.8, 4) is 0 Å². The highest BCUT2D eigenvalue weighted by atomic mass is 32.2. The third-order valence-corrected chi connectivity index (χ3v) is 6.41. The molecule has 3 nitrogen and oxygen atoms in total. The van der Waals surface area contributed by atoms with E-state index in [4.69, 9.17) is 0 Å². The van der Waals surface area contributed by atoms with Gasteiger partial charge >= 0.3 is 0 Å². The minimum Gasteiger partial charge on any atom is -0.310 e. The molecule has 0 spiro atoms. The quantitative estimate of drug-likeness (QED) is 0.909. The van der Waals surface area contributed by atoms with Gasteiger partial charge in [0.25, 0.3) is 0 Å². The third-order valence-electron chi connectivity index (χ3n) is 4.07. The Hall–Kier alpha value is -0.390. The van der Waals surface area contributed by atoms with Crippen LogP contribution in [0.15, 0.2) is 16.8 Å². The van der Waals surface area contributed by atoms with E-state index < -0.39 is 9.84 Å². The van der Waals surface area contributed by atoms with Gasteiger partial charge in [0.2, 0.25) is 0 Å². The zero-order valence-electron chi connectivity index (χ0n) is 11.6. The smallest absolute Gasteiger partial charge is 0.150 e. The lowest BCUT2D eigenvalue weighted by Crippen LogP contribution is -2.35. The number of thiophene rings is 1. The molecule has 1 aromatic heterocycles. The molecule has 0 radical (unpaired) electrons. The molecular weight excluding hydrogens is 278 g/mol. The van der Waals surface area contributed by atoms with Crippen LogP contribution in [0, 0.1) is 5.92 Å². The molecule has 0 aliphatic heterocycles. The van der Waals surface area contributed by atoms with Crippen molar-refractivity contribution in [2.75, 3.05) is 12.8 Å². The zero-order valence-corrected chi connectivity index (χ0v) is 13.3. The van der Waals surface area contributed by atoms with Gasteiger partial charge in [-0.3, -0.25) is 0 Å². The maximum atomic E-state index is 11.8. The Kier molecular flexibility index (Phi) is 5.03. The fourth-order valence-electron chi connectivity index (χ4n) is 3.10. The number of rotatable bonds is 5. The zero-order chi connectivity index (χ0) is 13.9. The first-order valence-corrected chi connectivity index (χ1v) is 9.86. The van der Waals surface area contributed by atoms with E-state index in [9.17, 15) is 8.42 Å². The maximum Gasteiger partial charge on any atom is 0.150 e. The van der Waals surface area contributed by atoms with Gasteiger partial charge in [0.1, 0.15) is 9.84 Å². The largest absolute Gasteiger partial charge is 0.310 e. The summed E-state index contributed by atoms with van der Waals surface area (Å²) in [6.45, 7) is 3.02. The number of sulfone groups is 1. The molecule has 0 aromatic carbocycles. The molecule has 1 saturated carbocycles. The predicted octanol–water partition coefficient (Wildman–Crippen LogP) is 3.00. The van der Waals surface area contributed by atoms with Crippen molar-refractivity contribution in [3.05, 3.63) is 22.4 Å². The van der Waals surface area contributed by atoms with E-state index in [0.29, 0.717) is 12.0 Å². The van der Waals surface area contributed by atoms with Crippen LogP contribution in [0.5, 0.6) is 0 Å². The molecule has 19 heavy (non-hydrogen) atoms. The molecule has 0 saturated heterocycles. The first-order chi connectivity index (χ1) is 9.02. The highest BCUT2D eigenvalue weighted by molar-refractivity contribution is 7.91. The van der Waals surface area contributed by atoms with Gasteiger partial charge in [-0.1, -0.05) is 13.3 Å². The van der Waals surface area contributed by atoms with E-state index in [2.05, 4.69) is 29.1 Å². The second-order valence-electron chi connectivity index (χ2n) is 5.47. The molecule has 0 bridgehead atoms. The van der Waals surface area contributed by atoms with E-state index >= 15 is 0 Å². The fourth-order valence-corrected chi connectivity index (χ4v) is 4.99. The Balaban J connectivity index is 2.13. The Morgan fingerprint density at radius 2 is 2.26 bits per heavy atom. The van der Waals surface area contributed by atoms with Crippen molar-refractivity contribution in [2.24, 2.45) is 5.92 Å². The molecule has 5 heteroatoms. The van der Waals surface area contributed by atoms with Gasteiger partial charge in [0.15, 0.2) is 0 Å². The van der Waals surface area contributed by atoms with Gasteiger partial charge in [-0.2, -0.15) is 11.3 Å². The lowest BCUT2D eigenvalue weighted by Gasteiger charge is -2.34. The Labute approximate surface area is 120 Å². The molecule has 1 heterocycles. The third kappa shape index (κ3) is 3.80. The Morgan fingerprint density at radius 3 is 2.84 bits per heavy atom. The van der Waals surface area contributed by atoms with Crippen molar-refractivity contribution in [3.63, 3.8) is 0 Å². The highest BCUT2D eigenvalue weighted by Crippen LogP contribution is 2.37. The van der Waals surface area contributed by atoms with Crippen LogP contribution in [0.25, 0.3) is 0 Å². The van der Waals surface area contributed by atoms with Crippen LogP contribution in [0.1, 0.15) is 44.2 Å². The van der Waals surface area contributed by atoms with Gasteiger partial charge in [-0.25, -0.2) is 8.42 Å². The molecule has 108 valence electrons. The van der Waals surface area contributed by atoms with Crippen LogP contribution in [0.3, 0.4) is 0 Å². The van der Waals surface area contributed by atoms with Crippen LogP contribution in [-0.2, 0) is 9.84 Å². The lowest BCUT2D eigenvalue weighted by molar-refractivity contribution is 0.276. The van der Waals surface area contributed by atoms with Crippen LogP contribution in [0.4, 0.5) is 0 Å². The van der Waals surface area contributed by atoms with Crippen LogP contribution in [-0.4, -0.2) is 26.5 Å². The highest BCUT2D eigenvalue weighted by Gasteiger charge is 2.33. The van der Waals surface area contributed by atoms with Crippen LogP contribution < -0.4 is 5.32 Å². The van der Waals surface area contributed by atoms with Gasteiger partial charge in [-0.15, -0.1) is 0 Å². The van der Waals surface area contributed by atoms with Crippen molar-refractivity contribution in [1.29, 1.82) is 0 Å². The molecule has 0 amide bonds. The minimum absolute atomic E-state index is 0.147. The molecule has 1 aliphatic rings. The summed E-state index contributed by atoms with van der Waals surface area (Å²) >= 11 is 1.71. The molecule has 1 fully saturated rings. The Morgan fingerprint density at radius 1 is 1.47 bits per heavy atom. The van der Waals surface area contributed by atoms with Gasteiger partial charge < -0.3 is 5.32 Å². The molecule has 3 unspecified atom stereocenters. The molecule has 3 atom stereocenters. The topological polar surface area (TPSA) is 46.2 Å². The summed E-state index contributed by atoms with van der Waals surface area (Å²) in [6, 6.07) is 2.46. The lowest BCUT2D eigenvalue weighted by atomic mass is 9.81. The van der Waals surface area contributed by atoms with Gasteiger partial charge in [-0.05, 0) is 54.1 Å². The number of hydrogen-bond donors (Lipinski definition) is 1. The SMILES string of the molecule is CCNC(c1ccsc1)C1CCCC(S(C)(=O)=O)C1. The Bertz CT molecular complexity index is 482. The molecule has 1 N–H and O–H groups in total. The number of nitrogens with one attached hydrogen (secondary N) is 1. The summed E-state index contributed by atoms with van der Waals surface area (Å²) in [5, 5.41) is 7.66. The molecule has 2 rings (SSSR count). The summed E-state index contributed by atoms with van der Waals surface area (Å²) in [7, 11) is -2.90. The molecule has 1 aromatic rings. The van der Waals surface area contributed by atoms with Crippen LogP contribution >= 0.6 is 11.3 Å². The van der Waals surface area contributed by atoms with Crippen LogP contribution in [0.2, 0.25) is 0 Å². The summed E-state index contributed by atoms with van der Waals surface area (Å²) < 4.78 is 23.6. The van der Waals surface area contributed by atoms with E-state index in [0.717, 1.165) is 32.2 Å². The normalized spacial score (nSPS) is 26.2.